The minimum atomic E-state index is -0.132. The highest BCUT2D eigenvalue weighted by molar-refractivity contribution is 7.09. The summed E-state index contributed by atoms with van der Waals surface area (Å²) in [4.78, 5) is 12.7. The van der Waals surface area contributed by atoms with E-state index in [0.29, 0.717) is 13.1 Å². The largest absolute Gasteiger partial charge is 0.497 e. The summed E-state index contributed by atoms with van der Waals surface area (Å²) in [5.41, 5.74) is 1.17. The molecule has 0 unspecified atom stereocenters. The Bertz CT molecular complexity index is 523. The highest BCUT2D eigenvalue weighted by Crippen LogP contribution is 2.11. The van der Waals surface area contributed by atoms with Gasteiger partial charge in [0.2, 0.25) is 0 Å². The molecule has 0 atom stereocenters. The molecular formula is C15H18N2O2S. The first-order valence-electron chi connectivity index (χ1n) is 6.45. The second-order valence-corrected chi connectivity index (χ2v) is 5.32. The van der Waals surface area contributed by atoms with Crippen molar-refractivity contribution in [1.82, 2.24) is 10.6 Å². The Morgan fingerprint density at radius 1 is 1.20 bits per heavy atom. The molecule has 4 nitrogen and oxygen atoms in total. The molecule has 0 fully saturated rings. The van der Waals surface area contributed by atoms with Crippen LogP contribution in [0, 0.1) is 0 Å². The van der Waals surface area contributed by atoms with Gasteiger partial charge in [0.1, 0.15) is 5.75 Å². The van der Waals surface area contributed by atoms with Crippen molar-refractivity contribution in [3.8, 4) is 5.75 Å². The summed E-state index contributed by atoms with van der Waals surface area (Å²) in [5.74, 6) is 0.843. The first-order valence-corrected chi connectivity index (χ1v) is 7.33. The summed E-state index contributed by atoms with van der Waals surface area (Å²) in [6, 6.07) is 11.7. The molecule has 0 aliphatic carbocycles. The van der Waals surface area contributed by atoms with Gasteiger partial charge in [0, 0.05) is 11.4 Å². The van der Waals surface area contributed by atoms with Crippen molar-refractivity contribution < 1.29 is 9.53 Å². The second-order valence-electron chi connectivity index (χ2n) is 4.29. The maximum atomic E-state index is 11.6. The van der Waals surface area contributed by atoms with Crippen molar-refractivity contribution in [1.29, 1.82) is 0 Å². The van der Waals surface area contributed by atoms with Gasteiger partial charge in [-0.05, 0) is 35.6 Å². The Kier molecular flexibility index (Phi) is 5.43. The second kappa shape index (κ2) is 7.55. The number of amides is 2. The van der Waals surface area contributed by atoms with E-state index in [1.165, 1.54) is 5.56 Å². The van der Waals surface area contributed by atoms with Crippen LogP contribution in [0.3, 0.4) is 0 Å². The van der Waals surface area contributed by atoms with Crippen LogP contribution < -0.4 is 15.4 Å². The summed E-state index contributed by atoms with van der Waals surface area (Å²) in [6.07, 6.45) is 0.802. The predicted octanol–water partition coefficient (Wildman–Crippen LogP) is 2.80. The molecule has 1 heterocycles. The fraction of sp³-hybridized carbons (Fsp3) is 0.267. The van der Waals surface area contributed by atoms with Gasteiger partial charge in [-0.15, -0.1) is 11.3 Å². The van der Waals surface area contributed by atoms with Crippen LogP contribution in [-0.2, 0) is 13.0 Å². The minimum absolute atomic E-state index is 0.132. The monoisotopic (exact) mass is 290 g/mol. The zero-order valence-corrected chi connectivity index (χ0v) is 12.2. The molecule has 0 saturated heterocycles. The number of ether oxygens (including phenoxy) is 1. The highest BCUT2D eigenvalue weighted by Gasteiger charge is 2.01. The Morgan fingerprint density at radius 2 is 2.00 bits per heavy atom. The van der Waals surface area contributed by atoms with Gasteiger partial charge >= 0.3 is 6.03 Å². The number of hydrogen-bond acceptors (Lipinski definition) is 3. The maximum Gasteiger partial charge on any atom is 0.315 e. The van der Waals surface area contributed by atoms with Crippen LogP contribution in [0.25, 0.3) is 0 Å². The first-order chi connectivity index (χ1) is 9.78. The van der Waals surface area contributed by atoms with E-state index in [4.69, 9.17) is 4.74 Å². The van der Waals surface area contributed by atoms with Crippen LogP contribution in [0.15, 0.2) is 41.8 Å². The molecule has 0 saturated carbocycles. The first kappa shape index (κ1) is 14.4. The Morgan fingerprint density at radius 3 is 2.65 bits per heavy atom. The molecule has 106 valence electrons. The van der Waals surface area contributed by atoms with Gasteiger partial charge in [0.05, 0.1) is 13.7 Å². The van der Waals surface area contributed by atoms with Crippen molar-refractivity contribution in [2.75, 3.05) is 13.7 Å². The molecule has 20 heavy (non-hydrogen) atoms. The van der Waals surface area contributed by atoms with Crippen molar-refractivity contribution in [2.45, 2.75) is 13.0 Å². The van der Waals surface area contributed by atoms with Gasteiger partial charge in [-0.25, -0.2) is 4.79 Å². The molecule has 0 spiro atoms. The average molecular weight is 290 g/mol. The Hall–Kier alpha value is -2.01. The maximum absolute atomic E-state index is 11.6. The van der Waals surface area contributed by atoms with Crippen molar-refractivity contribution in [2.24, 2.45) is 0 Å². The molecule has 0 aliphatic rings. The van der Waals surface area contributed by atoms with E-state index in [0.717, 1.165) is 17.0 Å². The summed E-state index contributed by atoms with van der Waals surface area (Å²) < 4.78 is 5.10. The van der Waals surface area contributed by atoms with Gasteiger partial charge in [-0.1, -0.05) is 18.2 Å². The normalized spacial score (nSPS) is 10.1. The molecule has 2 rings (SSSR count). The number of thiophene rings is 1. The summed E-state index contributed by atoms with van der Waals surface area (Å²) in [6.45, 7) is 1.19. The fourth-order valence-electron chi connectivity index (χ4n) is 1.76. The minimum Gasteiger partial charge on any atom is -0.497 e. The SMILES string of the molecule is COc1ccc(CCNC(=O)NCc2cccs2)cc1. The molecule has 0 bridgehead atoms. The van der Waals surface area contributed by atoms with Crippen LogP contribution in [0.4, 0.5) is 4.79 Å². The fourth-order valence-corrected chi connectivity index (χ4v) is 2.40. The molecule has 0 aliphatic heterocycles. The van der Waals surface area contributed by atoms with Gasteiger partial charge in [-0.3, -0.25) is 0 Å². The number of methoxy groups -OCH3 is 1. The van der Waals surface area contributed by atoms with E-state index in [1.807, 2.05) is 41.8 Å². The number of carbonyl (C=O) groups is 1. The van der Waals surface area contributed by atoms with Crippen LogP contribution in [0.5, 0.6) is 5.75 Å². The van der Waals surface area contributed by atoms with E-state index in [-0.39, 0.29) is 6.03 Å². The molecule has 2 amide bonds. The van der Waals surface area contributed by atoms with Crippen LogP contribution in [0.1, 0.15) is 10.4 Å². The number of hydrogen-bond donors (Lipinski definition) is 2. The predicted molar refractivity (Wildman–Crippen MR) is 81.3 cm³/mol. The summed E-state index contributed by atoms with van der Waals surface area (Å²) in [5, 5.41) is 7.67. The topological polar surface area (TPSA) is 50.4 Å². The molecule has 2 aromatic rings. The lowest BCUT2D eigenvalue weighted by atomic mass is 10.1. The van der Waals surface area contributed by atoms with Gasteiger partial charge in [0.15, 0.2) is 0 Å². The van der Waals surface area contributed by atoms with E-state index >= 15 is 0 Å². The molecule has 2 N–H and O–H groups in total. The highest BCUT2D eigenvalue weighted by atomic mass is 32.1. The van der Waals surface area contributed by atoms with Gasteiger partial charge < -0.3 is 15.4 Å². The van der Waals surface area contributed by atoms with E-state index in [9.17, 15) is 4.79 Å². The van der Waals surface area contributed by atoms with E-state index in [2.05, 4.69) is 10.6 Å². The lowest BCUT2D eigenvalue weighted by Crippen LogP contribution is -2.35. The lowest BCUT2D eigenvalue weighted by Gasteiger charge is -2.07. The van der Waals surface area contributed by atoms with Gasteiger partial charge in [0.25, 0.3) is 0 Å². The number of rotatable bonds is 6. The number of nitrogens with one attached hydrogen (secondary N) is 2. The smallest absolute Gasteiger partial charge is 0.315 e. The zero-order chi connectivity index (χ0) is 14.2. The van der Waals surface area contributed by atoms with Crippen LogP contribution in [-0.4, -0.2) is 19.7 Å². The third kappa shape index (κ3) is 4.59. The molecule has 5 heteroatoms. The zero-order valence-electron chi connectivity index (χ0n) is 11.4. The summed E-state index contributed by atoms with van der Waals surface area (Å²) in [7, 11) is 1.65. The number of carbonyl (C=O) groups excluding carboxylic acids is 1. The van der Waals surface area contributed by atoms with E-state index in [1.54, 1.807) is 18.4 Å². The van der Waals surface area contributed by atoms with Crippen molar-refractivity contribution in [3.05, 3.63) is 52.2 Å². The van der Waals surface area contributed by atoms with Crippen molar-refractivity contribution in [3.63, 3.8) is 0 Å². The van der Waals surface area contributed by atoms with Crippen molar-refractivity contribution >= 4 is 17.4 Å². The quantitative estimate of drug-likeness (QED) is 0.859. The molecule has 1 aromatic carbocycles. The lowest BCUT2D eigenvalue weighted by molar-refractivity contribution is 0.240. The van der Waals surface area contributed by atoms with E-state index < -0.39 is 0 Å². The Labute approximate surface area is 122 Å². The third-order valence-electron chi connectivity index (χ3n) is 2.86. The van der Waals surface area contributed by atoms with Gasteiger partial charge in [-0.2, -0.15) is 0 Å². The van der Waals surface area contributed by atoms with Crippen LogP contribution >= 0.6 is 11.3 Å². The Balaban J connectivity index is 1.65. The van der Waals surface area contributed by atoms with Crippen LogP contribution in [0.2, 0.25) is 0 Å². The number of urea groups is 1. The third-order valence-corrected chi connectivity index (χ3v) is 3.74. The summed E-state index contributed by atoms with van der Waals surface area (Å²) >= 11 is 1.63. The molecule has 0 radical (unpaired) electrons. The average Bonchev–Trinajstić information content (AvgIpc) is 2.99. The molecular weight excluding hydrogens is 272 g/mol. The standard InChI is InChI=1S/C15H18N2O2S/c1-19-13-6-4-12(5-7-13)8-9-16-15(18)17-11-14-3-2-10-20-14/h2-7,10H,8-9,11H2,1H3,(H2,16,17,18). The number of benzene rings is 1. The molecule has 1 aromatic heterocycles.